The Bertz CT molecular complexity index is 1890. The topological polar surface area (TPSA) is 133 Å². The first-order valence-corrected chi connectivity index (χ1v) is 27.5. The Morgan fingerprint density at radius 3 is 1.97 bits per heavy atom. The summed E-state index contributed by atoms with van der Waals surface area (Å²) in [7, 11) is 2.38. The Hall–Kier alpha value is -1.94. The van der Waals surface area contributed by atoms with Crippen LogP contribution in [0.5, 0.6) is 0 Å². The minimum atomic E-state index is -2.54. The van der Waals surface area contributed by atoms with E-state index >= 15 is 0 Å². The van der Waals surface area contributed by atoms with Gasteiger partial charge in [0, 0.05) is 77.2 Å². The first kappa shape index (κ1) is 51.4. The summed E-state index contributed by atoms with van der Waals surface area (Å²) in [4.78, 5) is 40.1. The lowest BCUT2D eigenvalue weighted by atomic mass is 9.43. The molecule has 2 aromatic carbocycles. The summed E-state index contributed by atoms with van der Waals surface area (Å²) in [5.74, 6) is 4.10. The number of carbonyl (C=O) groups excluding carboxylic acids is 3. The number of hydrogen-bond donors (Lipinski definition) is 3. The second-order valence-corrected chi connectivity index (χ2v) is 25.0. The number of halogens is 4. The Labute approximate surface area is 405 Å². The van der Waals surface area contributed by atoms with Gasteiger partial charge in [0.1, 0.15) is 12.2 Å². The van der Waals surface area contributed by atoms with Gasteiger partial charge in [-0.15, -0.1) is 0 Å². The molecule has 3 N–H and O–H groups in total. The average Bonchev–Trinajstić information content (AvgIpc) is 3.60. The summed E-state index contributed by atoms with van der Waals surface area (Å²) in [6.07, 6.45) is 8.96. The molecule has 64 heavy (non-hydrogen) atoms. The van der Waals surface area contributed by atoms with Gasteiger partial charge in [0.2, 0.25) is 5.91 Å². The van der Waals surface area contributed by atoms with Gasteiger partial charge in [0.25, 0.3) is 0 Å². The zero-order valence-electron chi connectivity index (χ0n) is 38.1. The van der Waals surface area contributed by atoms with Crippen molar-refractivity contribution in [2.45, 2.75) is 116 Å². The molecule has 4 fully saturated rings. The molecule has 3 amide bonds. The molecule has 2 aromatic rings. The van der Waals surface area contributed by atoms with Gasteiger partial charge in [0.15, 0.2) is 0 Å². The van der Waals surface area contributed by atoms with Crippen molar-refractivity contribution in [2.75, 3.05) is 50.0 Å². The minimum Gasteiger partial charge on any atom is -0.446 e. The minimum absolute atomic E-state index is 0.00851. The van der Waals surface area contributed by atoms with E-state index in [1.165, 1.54) is 0 Å². The summed E-state index contributed by atoms with van der Waals surface area (Å²) >= 11 is 26.8. The van der Waals surface area contributed by atoms with E-state index in [2.05, 4.69) is 36.7 Å². The van der Waals surface area contributed by atoms with Gasteiger partial charge in [-0.05, 0) is 159 Å². The van der Waals surface area contributed by atoms with Crippen LogP contribution in [0.1, 0.15) is 97.8 Å². The van der Waals surface area contributed by atoms with Gasteiger partial charge >= 0.3 is 21.0 Å². The highest BCUT2D eigenvalue weighted by molar-refractivity contribution is 7.99. The molecule has 0 saturated heterocycles. The monoisotopic (exact) mass is 1000 g/mol. The van der Waals surface area contributed by atoms with E-state index < -0.39 is 21.0 Å². The number of nitrogens with one attached hydrogen (secondary N) is 3. The van der Waals surface area contributed by atoms with Crippen LogP contribution in [0.2, 0.25) is 26.1 Å². The smallest absolute Gasteiger partial charge is 0.446 e. The lowest BCUT2D eigenvalue weighted by Crippen LogP contribution is -2.60. The third kappa shape index (κ3) is 12.4. The van der Waals surface area contributed by atoms with Crippen LogP contribution in [0.25, 0.3) is 0 Å². The molecule has 4 saturated carbocycles. The van der Waals surface area contributed by atoms with Gasteiger partial charge in [-0.3, -0.25) is 15.4 Å². The van der Waals surface area contributed by atoms with Gasteiger partial charge in [-0.25, -0.2) is 9.59 Å². The molecule has 17 heteroatoms. The summed E-state index contributed by atoms with van der Waals surface area (Å²) in [5, 5.41) is 10.6. The van der Waals surface area contributed by atoms with E-state index in [-0.39, 0.29) is 40.8 Å². The molecule has 356 valence electrons. The number of benzene rings is 2. The summed E-state index contributed by atoms with van der Waals surface area (Å²) in [6, 6.07) is 10.6. The maximum absolute atomic E-state index is 13.9. The van der Waals surface area contributed by atoms with E-state index in [1.807, 2.05) is 11.8 Å². The molecule has 11 nitrogen and oxygen atoms in total. The fourth-order valence-electron chi connectivity index (χ4n) is 12.3. The Morgan fingerprint density at radius 2 is 1.36 bits per heavy atom. The number of fused-ring (bicyclic) bond motifs is 5. The number of amides is 3. The number of carbonyl (C=O) groups is 3. The van der Waals surface area contributed by atoms with Gasteiger partial charge in [0.05, 0.1) is 0 Å². The van der Waals surface area contributed by atoms with E-state index in [0.29, 0.717) is 68.1 Å². The van der Waals surface area contributed by atoms with Crippen molar-refractivity contribution in [3.05, 3.63) is 56.5 Å². The Balaban J connectivity index is 1.08. The van der Waals surface area contributed by atoms with Crippen molar-refractivity contribution < 1.29 is 37.1 Å². The quantitative estimate of drug-likeness (QED) is 0.0929. The molecule has 0 radical (unpaired) electrons. The molecule has 10 atom stereocenters. The molecule has 4 aliphatic carbocycles. The molecule has 4 aliphatic rings. The van der Waals surface area contributed by atoms with Crippen LogP contribution >= 0.6 is 58.2 Å². The number of anilines is 2. The molecule has 0 aliphatic heterocycles. The maximum Gasteiger partial charge on any atom is 0.500 e. The summed E-state index contributed by atoms with van der Waals surface area (Å²) < 4.78 is 29.2. The lowest BCUT2D eigenvalue weighted by Gasteiger charge is -2.62. The number of thioether (sulfide) groups is 1. The molecule has 0 bridgehead atoms. The lowest BCUT2D eigenvalue weighted by molar-refractivity contribution is -0.174. The van der Waals surface area contributed by atoms with Crippen LogP contribution in [0.15, 0.2) is 36.4 Å². The summed E-state index contributed by atoms with van der Waals surface area (Å²) in [6.45, 7) is 7.72. The van der Waals surface area contributed by atoms with Crippen LogP contribution in [0.4, 0.5) is 21.0 Å². The van der Waals surface area contributed by atoms with Crippen molar-refractivity contribution >= 4 is 96.4 Å². The predicted octanol–water partition coefficient (Wildman–Crippen LogP) is 13.0. The zero-order chi connectivity index (χ0) is 46.2. The van der Waals surface area contributed by atoms with Crippen molar-refractivity contribution in [3.63, 3.8) is 0 Å². The van der Waals surface area contributed by atoms with Gasteiger partial charge in [-0.1, -0.05) is 67.2 Å². The highest BCUT2D eigenvalue weighted by atomic mass is 35.5. The number of hydrogen-bond acceptors (Lipinski definition) is 9. The highest BCUT2D eigenvalue weighted by Gasteiger charge is 2.65. The molecule has 0 unspecified atom stereocenters. The average molecular weight is 1000 g/mol. The molecule has 0 spiro atoms. The standard InChI is InChI=1S/C47H67Cl4N3O8SSi/c1-29(9-14-43(55)52-17-7-18-63-19-8-20-64(58-4,59-5)60-6)39-12-13-40-38-11-10-30-21-37(61-44(56)53-35-24-31(48)22-32(49)25-35)15-16-46(30,2)41(38)28-42(47(39,40)3)62-45(57)54-36-26-33(50)23-34(51)27-36/h22-27,29-30,37-42H,7-21,28H2,1-6H3,(H,52,55)(H,53,56)(H,54,57)/t29-,30+,37-,38+,39+,40+,41+,42+,46+,47-/m1/s1. The van der Waals surface area contributed by atoms with E-state index in [0.717, 1.165) is 88.2 Å². The second-order valence-electron chi connectivity index (χ2n) is 18.9. The van der Waals surface area contributed by atoms with Crippen LogP contribution < -0.4 is 16.0 Å². The zero-order valence-corrected chi connectivity index (χ0v) is 42.9. The van der Waals surface area contributed by atoms with Crippen LogP contribution in [-0.4, -0.2) is 78.5 Å². The van der Waals surface area contributed by atoms with Crippen molar-refractivity contribution in [1.82, 2.24) is 5.32 Å². The molecular weight excluding hydrogens is 936 g/mol. The fraction of sp³-hybridized carbons (Fsp3) is 0.681. The van der Waals surface area contributed by atoms with Crippen molar-refractivity contribution in [3.8, 4) is 0 Å². The van der Waals surface area contributed by atoms with Crippen LogP contribution in [0.3, 0.4) is 0 Å². The number of ether oxygens (including phenoxy) is 2. The largest absolute Gasteiger partial charge is 0.500 e. The first-order valence-electron chi connectivity index (χ1n) is 22.9. The Morgan fingerprint density at radius 1 is 0.766 bits per heavy atom. The van der Waals surface area contributed by atoms with E-state index in [4.69, 9.17) is 69.2 Å². The SMILES string of the molecule is CO[Si](CCCSCCCNC(=O)CC[C@@H](C)[C@@H]1CC[C@H]2[C@@H]3CC[C@H]4C[C@H](OC(=O)Nc5cc(Cl)cc(Cl)c5)CC[C@]4(C)[C@H]3C[C@H](OC(=O)Nc3cc(Cl)cc(Cl)c3)[C@@]21C)(OC)OC. The number of rotatable bonds is 19. The molecule has 0 aromatic heterocycles. The fourth-order valence-corrected chi connectivity index (χ4v) is 16.3. The molecular formula is C47H67Cl4N3O8SSi. The second kappa shape index (κ2) is 22.9. The maximum atomic E-state index is 13.9. The highest BCUT2D eigenvalue weighted by Crippen LogP contribution is 2.69. The van der Waals surface area contributed by atoms with E-state index in [1.54, 1.807) is 57.7 Å². The Kier molecular flexibility index (Phi) is 18.4. The molecule has 6 rings (SSSR count). The summed E-state index contributed by atoms with van der Waals surface area (Å²) in [5.41, 5.74) is 0.685. The third-order valence-corrected chi connectivity index (χ3v) is 20.4. The van der Waals surface area contributed by atoms with Crippen molar-refractivity contribution in [2.24, 2.45) is 46.3 Å². The van der Waals surface area contributed by atoms with Crippen LogP contribution in [0, 0.1) is 46.3 Å². The van der Waals surface area contributed by atoms with Crippen molar-refractivity contribution in [1.29, 1.82) is 0 Å². The van der Waals surface area contributed by atoms with Gasteiger partial charge < -0.3 is 28.1 Å². The third-order valence-electron chi connectivity index (χ3n) is 15.5. The predicted molar refractivity (Wildman–Crippen MR) is 261 cm³/mol. The normalized spacial score (nSPS) is 29.1. The molecule has 0 heterocycles. The van der Waals surface area contributed by atoms with E-state index in [9.17, 15) is 14.4 Å². The van der Waals surface area contributed by atoms with Crippen LogP contribution in [-0.2, 0) is 27.5 Å². The van der Waals surface area contributed by atoms with Gasteiger partial charge in [-0.2, -0.15) is 11.8 Å². The first-order chi connectivity index (χ1) is 30.5.